The van der Waals surface area contributed by atoms with Gasteiger partial charge in [-0.05, 0) is 56.0 Å². The molecule has 7 nitrogen and oxygen atoms in total. The van der Waals surface area contributed by atoms with Crippen LogP contribution in [0.25, 0.3) is 0 Å². The zero-order chi connectivity index (χ0) is 26.5. The van der Waals surface area contributed by atoms with Crippen LogP contribution in [0.15, 0.2) is 36.4 Å². The molecule has 0 radical (unpaired) electrons. The number of benzene rings is 2. The van der Waals surface area contributed by atoms with E-state index in [0.29, 0.717) is 27.8 Å². The number of halogens is 2. The van der Waals surface area contributed by atoms with Gasteiger partial charge in [-0.25, -0.2) is 8.42 Å². The normalized spacial score (nSPS) is 12.4. The van der Waals surface area contributed by atoms with Gasteiger partial charge in [0, 0.05) is 23.1 Å². The molecule has 0 aliphatic heterocycles. The van der Waals surface area contributed by atoms with Gasteiger partial charge in [0.2, 0.25) is 21.8 Å². The number of sulfonamides is 1. The Bertz CT molecular complexity index is 1190. The lowest BCUT2D eigenvalue weighted by atomic mass is 10.1. The van der Waals surface area contributed by atoms with Crippen molar-refractivity contribution in [2.24, 2.45) is 5.92 Å². The summed E-state index contributed by atoms with van der Waals surface area (Å²) in [6.45, 7) is 9.24. The third kappa shape index (κ3) is 8.12. The van der Waals surface area contributed by atoms with E-state index in [1.165, 1.54) is 4.90 Å². The van der Waals surface area contributed by atoms with Crippen LogP contribution < -0.4 is 9.62 Å². The molecule has 1 atom stereocenters. The SMILES string of the molecule is Cc1ccc(N(CC(=O)N(Cc2ccc(Cl)cc2Cl)[C@H](C)C(=O)NCC(C)C)S(C)(=O)=O)c(C)c1. The predicted octanol–water partition coefficient (Wildman–Crippen LogP) is 4.57. The van der Waals surface area contributed by atoms with E-state index in [1.54, 1.807) is 44.2 Å². The number of carbonyl (C=O) groups is 2. The lowest BCUT2D eigenvalue weighted by Crippen LogP contribution is -2.51. The van der Waals surface area contributed by atoms with Crippen LogP contribution in [0.5, 0.6) is 0 Å². The van der Waals surface area contributed by atoms with Crippen LogP contribution in [0.3, 0.4) is 0 Å². The van der Waals surface area contributed by atoms with Gasteiger partial charge >= 0.3 is 0 Å². The molecule has 0 bridgehead atoms. The molecule has 0 heterocycles. The Kier molecular flexibility index (Phi) is 10.0. The standard InChI is InChI=1S/C25H33Cl2N3O4S/c1-16(2)13-28-25(32)19(5)29(14-20-8-9-21(26)12-22(20)27)24(31)15-30(35(6,33)34)23-10-7-17(3)11-18(23)4/h7-12,16,19H,13-15H2,1-6H3,(H,28,32)/t19-/m1/s1. The van der Waals surface area contributed by atoms with Crippen molar-refractivity contribution in [3.05, 3.63) is 63.1 Å². The van der Waals surface area contributed by atoms with E-state index in [1.807, 2.05) is 26.8 Å². The van der Waals surface area contributed by atoms with Crippen molar-refractivity contribution in [3.63, 3.8) is 0 Å². The first-order valence-corrected chi connectivity index (χ1v) is 13.9. The third-order valence-corrected chi connectivity index (χ3v) is 7.22. The van der Waals surface area contributed by atoms with Crippen LogP contribution >= 0.6 is 23.2 Å². The second-order valence-electron chi connectivity index (χ2n) is 9.13. The summed E-state index contributed by atoms with van der Waals surface area (Å²) in [6, 6.07) is 9.34. The first-order valence-electron chi connectivity index (χ1n) is 11.3. The van der Waals surface area contributed by atoms with E-state index in [4.69, 9.17) is 23.2 Å². The molecule has 0 fully saturated rings. The Labute approximate surface area is 218 Å². The first kappa shape index (κ1) is 28.9. The number of anilines is 1. The van der Waals surface area contributed by atoms with Crippen molar-refractivity contribution in [2.75, 3.05) is 23.7 Å². The number of nitrogens with zero attached hydrogens (tertiary/aromatic N) is 2. The lowest BCUT2D eigenvalue weighted by Gasteiger charge is -2.32. The second kappa shape index (κ2) is 12.1. The van der Waals surface area contributed by atoms with Gasteiger partial charge in [-0.2, -0.15) is 0 Å². The lowest BCUT2D eigenvalue weighted by molar-refractivity contribution is -0.139. The highest BCUT2D eigenvalue weighted by Gasteiger charge is 2.31. The van der Waals surface area contributed by atoms with Gasteiger partial charge in [0.25, 0.3) is 0 Å². The van der Waals surface area contributed by atoms with Gasteiger partial charge in [0.15, 0.2) is 0 Å². The molecule has 2 aromatic rings. The molecule has 2 amide bonds. The summed E-state index contributed by atoms with van der Waals surface area (Å²) in [5.41, 5.74) is 2.69. The van der Waals surface area contributed by atoms with Crippen LogP contribution in [0.2, 0.25) is 10.0 Å². The van der Waals surface area contributed by atoms with Crippen molar-refractivity contribution < 1.29 is 18.0 Å². The minimum Gasteiger partial charge on any atom is -0.354 e. The Morgan fingerprint density at radius 1 is 1.03 bits per heavy atom. The molecule has 1 N–H and O–H groups in total. The molecule has 0 saturated carbocycles. The van der Waals surface area contributed by atoms with Crippen LogP contribution in [0.1, 0.15) is 37.5 Å². The van der Waals surface area contributed by atoms with E-state index in [9.17, 15) is 18.0 Å². The number of hydrogen-bond acceptors (Lipinski definition) is 4. The molecule has 2 rings (SSSR count). The maximum absolute atomic E-state index is 13.6. The van der Waals surface area contributed by atoms with Gasteiger partial charge < -0.3 is 10.2 Å². The zero-order valence-electron chi connectivity index (χ0n) is 20.9. The topological polar surface area (TPSA) is 86.8 Å². The molecule has 0 aliphatic carbocycles. The molecule has 0 aromatic heterocycles. The first-order chi connectivity index (χ1) is 16.2. The molecule has 10 heteroatoms. The molecule has 35 heavy (non-hydrogen) atoms. The quantitative estimate of drug-likeness (QED) is 0.477. The van der Waals surface area contributed by atoms with Crippen LogP contribution in [-0.2, 0) is 26.2 Å². The van der Waals surface area contributed by atoms with Gasteiger partial charge in [-0.1, -0.05) is 60.8 Å². The van der Waals surface area contributed by atoms with Crippen molar-refractivity contribution in [2.45, 2.75) is 47.2 Å². The number of nitrogens with one attached hydrogen (secondary N) is 1. The second-order valence-corrected chi connectivity index (χ2v) is 11.9. The van der Waals surface area contributed by atoms with E-state index >= 15 is 0 Å². The fraction of sp³-hybridized carbons (Fsp3) is 0.440. The van der Waals surface area contributed by atoms with Crippen molar-refractivity contribution in [1.82, 2.24) is 10.2 Å². The summed E-state index contributed by atoms with van der Waals surface area (Å²) < 4.78 is 26.5. The van der Waals surface area contributed by atoms with E-state index in [-0.39, 0.29) is 18.4 Å². The number of carbonyl (C=O) groups excluding carboxylic acids is 2. The number of amides is 2. The minimum atomic E-state index is -3.79. The molecule has 2 aromatic carbocycles. The Morgan fingerprint density at radius 2 is 1.69 bits per heavy atom. The number of rotatable bonds is 10. The van der Waals surface area contributed by atoms with E-state index < -0.39 is 28.5 Å². The molecule has 192 valence electrons. The van der Waals surface area contributed by atoms with Gasteiger partial charge in [-0.3, -0.25) is 13.9 Å². The van der Waals surface area contributed by atoms with Crippen molar-refractivity contribution >= 4 is 50.7 Å². The molecule has 0 saturated heterocycles. The third-order valence-electron chi connectivity index (χ3n) is 5.51. The van der Waals surface area contributed by atoms with Gasteiger partial charge in [-0.15, -0.1) is 0 Å². The monoisotopic (exact) mass is 541 g/mol. The number of hydrogen-bond donors (Lipinski definition) is 1. The summed E-state index contributed by atoms with van der Waals surface area (Å²) in [7, 11) is -3.79. The molecule has 0 unspecified atom stereocenters. The summed E-state index contributed by atoms with van der Waals surface area (Å²) in [5, 5.41) is 3.63. The fourth-order valence-corrected chi connectivity index (χ4v) is 4.92. The van der Waals surface area contributed by atoms with Crippen LogP contribution in [-0.4, -0.2) is 50.5 Å². The smallest absolute Gasteiger partial charge is 0.244 e. The van der Waals surface area contributed by atoms with Crippen LogP contribution in [0, 0.1) is 19.8 Å². The maximum atomic E-state index is 13.6. The van der Waals surface area contributed by atoms with Gasteiger partial charge in [0.1, 0.15) is 12.6 Å². The highest BCUT2D eigenvalue weighted by atomic mass is 35.5. The Morgan fingerprint density at radius 3 is 2.23 bits per heavy atom. The van der Waals surface area contributed by atoms with Crippen LogP contribution in [0.4, 0.5) is 5.69 Å². The summed E-state index contributed by atoms with van der Waals surface area (Å²) in [4.78, 5) is 27.8. The van der Waals surface area contributed by atoms with Crippen molar-refractivity contribution in [3.8, 4) is 0 Å². The van der Waals surface area contributed by atoms with E-state index in [0.717, 1.165) is 21.7 Å². The summed E-state index contributed by atoms with van der Waals surface area (Å²) in [5.74, 6) is -0.644. The molecular weight excluding hydrogens is 509 g/mol. The fourth-order valence-electron chi connectivity index (χ4n) is 3.55. The number of aryl methyl sites for hydroxylation is 2. The summed E-state index contributed by atoms with van der Waals surface area (Å²) >= 11 is 12.4. The maximum Gasteiger partial charge on any atom is 0.244 e. The highest BCUT2D eigenvalue weighted by Crippen LogP contribution is 2.26. The average Bonchev–Trinajstić information content (AvgIpc) is 2.74. The molecule has 0 aliphatic rings. The average molecular weight is 543 g/mol. The largest absolute Gasteiger partial charge is 0.354 e. The van der Waals surface area contributed by atoms with E-state index in [2.05, 4.69) is 5.32 Å². The predicted molar refractivity (Wildman–Crippen MR) is 142 cm³/mol. The molecular formula is C25H33Cl2N3O4S. The minimum absolute atomic E-state index is 0.00951. The zero-order valence-corrected chi connectivity index (χ0v) is 23.3. The molecule has 0 spiro atoms. The van der Waals surface area contributed by atoms with Crippen molar-refractivity contribution in [1.29, 1.82) is 0 Å². The van der Waals surface area contributed by atoms with Gasteiger partial charge in [0.05, 0.1) is 11.9 Å². The Hall–Kier alpha value is -2.29. The highest BCUT2D eigenvalue weighted by molar-refractivity contribution is 7.92. The Balaban J connectivity index is 2.44. The summed E-state index contributed by atoms with van der Waals surface area (Å²) in [6.07, 6.45) is 1.05.